The maximum atomic E-state index is 3.58. The molecule has 0 aromatic carbocycles. The van der Waals surface area contributed by atoms with Crippen LogP contribution in [0.25, 0.3) is 0 Å². The first-order valence-electron chi connectivity index (χ1n) is 5.38. The highest BCUT2D eigenvalue weighted by atomic mass is 15.2. The van der Waals surface area contributed by atoms with Crippen molar-refractivity contribution in [2.24, 2.45) is 0 Å². The molecule has 0 amide bonds. The Labute approximate surface area is 81.1 Å². The Hall–Kier alpha value is -0.120. The van der Waals surface area contributed by atoms with Crippen molar-refractivity contribution in [1.82, 2.24) is 15.1 Å². The van der Waals surface area contributed by atoms with E-state index in [1.807, 2.05) is 0 Å². The number of rotatable bonds is 3. The van der Waals surface area contributed by atoms with Crippen LogP contribution in [0.15, 0.2) is 0 Å². The first kappa shape index (κ1) is 9.44. The molecule has 2 fully saturated rings. The van der Waals surface area contributed by atoms with Crippen molar-refractivity contribution < 1.29 is 0 Å². The monoisotopic (exact) mass is 183 g/mol. The Morgan fingerprint density at radius 3 is 2.85 bits per heavy atom. The second-order valence-corrected chi connectivity index (χ2v) is 4.58. The maximum Gasteiger partial charge on any atom is 0.0323 e. The van der Waals surface area contributed by atoms with Gasteiger partial charge in [-0.25, -0.2) is 0 Å². The highest BCUT2D eigenvalue weighted by Crippen LogP contribution is 2.25. The molecule has 0 bridgehead atoms. The van der Waals surface area contributed by atoms with Crippen LogP contribution in [-0.4, -0.2) is 62.2 Å². The zero-order valence-corrected chi connectivity index (χ0v) is 8.79. The van der Waals surface area contributed by atoms with Gasteiger partial charge in [-0.1, -0.05) is 0 Å². The summed E-state index contributed by atoms with van der Waals surface area (Å²) in [4.78, 5) is 4.93. The molecule has 1 saturated carbocycles. The van der Waals surface area contributed by atoms with E-state index in [9.17, 15) is 0 Å². The molecule has 2 rings (SSSR count). The molecular formula is C10H21N3. The van der Waals surface area contributed by atoms with Crippen molar-refractivity contribution in [3.63, 3.8) is 0 Å². The first-order chi connectivity index (χ1) is 6.25. The molecule has 1 heterocycles. The highest BCUT2D eigenvalue weighted by Gasteiger charge is 2.28. The first-order valence-corrected chi connectivity index (χ1v) is 5.38. The molecule has 0 spiro atoms. The van der Waals surface area contributed by atoms with Gasteiger partial charge in [0.2, 0.25) is 0 Å². The van der Waals surface area contributed by atoms with Crippen molar-refractivity contribution in [3.05, 3.63) is 0 Å². The van der Waals surface area contributed by atoms with Crippen molar-refractivity contribution in [2.75, 3.05) is 40.3 Å². The van der Waals surface area contributed by atoms with Crippen LogP contribution in [0, 0.1) is 0 Å². The second-order valence-electron chi connectivity index (χ2n) is 4.58. The van der Waals surface area contributed by atoms with E-state index in [0.29, 0.717) is 6.04 Å². The van der Waals surface area contributed by atoms with Crippen LogP contribution in [0.3, 0.4) is 0 Å². The van der Waals surface area contributed by atoms with Gasteiger partial charge in [-0.2, -0.15) is 0 Å². The Morgan fingerprint density at radius 1 is 1.46 bits per heavy atom. The van der Waals surface area contributed by atoms with Crippen molar-refractivity contribution in [1.29, 1.82) is 0 Å². The molecule has 2 aliphatic rings. The Bertz CT molecular complexity index is 168. The van der Waals surface area contributed by atoms with E-state index < -0.39 is 0 Å². The Kier molecular flexibility index (Phi) is 2.86. The zero-order chi connectivity index (χ0) is 9.26. The minimum absolute atomic E-state index is 0.685. The van der Waals surface area contributed by atoms with Crippen LogP contribution in [0.5, 0.6) is 0 Å². The van der Waals surface area contributed by atoms with Gasteiger partial charge in [0.05, 0.1) is 0 Å². The third-order valence-electron chi connectivity index (χ3n) is 3.14. The lowest BCUT2D eigenvalue weighted by Gasteiger charge is -2.33. The van der Waals surface area contributed by atoms with Crippen molar-refractivity contribution >= 4 is 0 Å². The minimum atomic E-state index is 0.685. The summed E-state index contributed by atoms with van der Waals surface area (Å²) in [5.41, 5.74) is 0. The number of nitrogens with one attached hydrogen (secondary N) is 1. The van der Waals surface area contributed by atoms with Crippen LogP contribution in [0.2, 0.25) is 0 Å². The average molecular weight is 183 g/mol. The molecule has 3 nitrogen and oxygen atoms in total. The third kappa shape index (κ3) is 2.66. The van der Waals surface area contributed by atoms with Crippen LogP contribution in [-0.2, 0) is 0 Å². The largest absolute Gasteiger partial charge is 0.310 e. The van der Waals surface area contributed by atoms with Gasteiger partial charge >= 0.3 is 0 Å². The molecule has 76 valence electrons. The molecule has 0 radical (unpaired) electrons. The van der Waals surface area contributed by atoms with Gasteiger partial charge in [0.15, 0.2) is 0 Å². The summed E-state index contributed by atoms with van der Waals surface area (Å²) in [6.45, 7) is 4.77. The molecule has 0 aromatic rings. The van der Waals surface area contributed by atoms with Crippen LogP contribution in [0.4, 0.5) is 0 Å². The Morgan fingerprint density at radius 2 is 2.23 bits per heavy atom. The SMILES string of the molecule is CN1CCNC(CN(C)C2CC2)C1. The molecule has 3 heteroatoms. The Balaban J connectivity index is 1.73. The minimum Gasteiger partial charge on any atom is -0.310 e. The summed E-state index contributed by atoms with van der Waals surface area (Å²) >= 11 is 0. The number of hydrogen-bond donors (Lipinski definition) is 1. The molecule has 0 aromatic heterocycles. The van der Waals surface area contributed by atoms with E-state index in [0.717, 1.165) is 12.6 Å². The van der Waals surface area contributed by atoms with E-state index in [4.69, 9.17) is 0 Å². The zero-order valence-electron chi connectivity index (χ0n) is 8.79. The lowest BCUT2D eigenvalue weighted by Crippen LogP contribution is -2.53. The molecule has 1 aliphatic carbocycles. The van der Waals surface area contributed by atoms with Gasteiger partial charge < -0.3 is 15.1 Å². The van der Waals surface area contributed by atoms with Gasteiger partial charge in [-0.3, -0.25) is 0 Å². The number of hydrogen-bond acceptors (Lipinski definition) is 3. The van der Waals surface area contributed by atoms with Gasteiger partial charge in [0, 0.05) is 38.3 Å². The van der Waals surface area contributed by atoms with Crippen molar-refractivity contribution in [3.8, 4) is 0 Å². The molecule has 13 heavy (non-hydrogen) atoms. The summed E-state index contributed by atoms with van der Waals surface area (Å²) < 4.78 is 0. The lowest BCUT2D eigenvalue weighted by atomic mass is 10.2. The van der Waals surface area contributed by atoms with E-state index in [2.05, 4.69) is 29.2 Å². The second kappa shape index (κ2) is 3.95. The van der Waals surface area contributed by atoms with Gasteiger partial charge in [-0.15, -0.1) is 0 Å². The average Bonchev–Trinajstić information content (AvgIpc) is 2.85. The lowest BCUT2D eigenvalue weighted by molar-refractivity contribution is 0.192. The van der Waals surface area contributed by atoms with E-state index in [1.165, 1.54) is 32.5 Å². The van der Waals surface area contributed by atoms with E-state index in [1.54, 1.807) is 0 Å². The van der Waals surface area contributed by atoms with Crippen LogP contribution >= 0.6 is 0 Å². The molecular weight excluding hydrogens is 162 g/mol. The van der Waals surface area contributed by atoms with E-state index in [-0.39, 0.29) is 0 Å². The fraction of sp³-hybridized carbons (Fsp3) is 1.00. The van der Waals surface area contributed by atoms with E-state index >= 15 is 0 Å². The summed E-state index contributed by atoms with van der Waals surface area (Å²) in [5.74, 6) is 0. The number of piperazine rings is 1. The highest BCUT2D eigenvalue weighted by molar-refractivity contribution is 4.87. The fourth-order valence-corrected chi connectivity index (χ4v) is 2.13. The third-order valence-corrected chi connectivity index (χ3v) is 3.14. The molecule has 1 N–H and O–H groups in total. The maximum absolute atomic E-state index is 3.58. The summed E-state index contributed by atoms with van der Waals surface area (Å²) in [6.07, 6.45) is 2.83. The molecule has 1 unspecified atom stereocenters. The normalized spacial score (nSPS) is 31.2. The standard InChI is InChI=1S/C10H21N3/c1-12-6-5-11-9(7-12)8-13(2)10-3-4-10/h9-11H,3-8H2,1-2H3. The topological polar surface area (TPSA) is 18.5 Å². The van der Waals surface area contributed by atoms with Crippen molar-refractivity contribution in [2.45, 2.75) is 24.9 Å². The predicted molar refractivity (Wildman–Crippen MR) is 54.9 cm³/mol. The molecule has 1 saturated heterocycles. The summed E-state index contributed by atoms with van der Waals surface area (Å²) in [5, 5.41) is 3.58. The van der Waals surface area contributed by atoms with Crippen LogP contribution < -0.4 is 5.32 Å². The van der Waals surface area contributed by atoms with Crippen LogP contribution in [0.1, 0.15) is 12.8 Å². The van der Waals surface area contributed by atoms with Gasteiger partial charge in [0.25, 0.3) is 0 Å². The predicted octanol–water partition coefficient (Wildman–Crippen LogP) is -0.0158. The molecule has 1 aliphatic heterocycles. The smallest absolute Gasteiger partial charge is 0.0323 e. The number of nitrogens with zero attached hydrogens (tertiary/aromatic N) is 2. The summed E-state index contributed by atoms with van der Waals surface area (Å²) in [6, 6.07) is 1.58. The fourth-order valence-electron chi connectivity index (χ4n) is 2.13. The summed E-state index contributed by atoms with van der Waals surface area (Å²) in [7, 11) is 4.47. The molecule has 1 atom stereocenters. The number of likely N-dealkylation sites (N-methyl/N-ethyl adjacent to an activating group) is 2. The quantitative estimate of drug-likeness (QED) is 0.663. The van der Waals surface area contributed by atoms with Gasteiger partial charge in [-0.05, 0) is 26.9 Å². The van der Waals surface area contributed by atoms with Gasteiger partial charge in [0.1, 0.15) is 0 Å².